The molecule has 0 saturated heterocycles. The highest BCUT2D eigenvalue weighted by atomic mass is 79.9. The number of hydrazone groups is 1. The molecule has 1 amide bonds. The van der Waals surface area contributed by atoms with Gasteiger partial charge in [-0.3, -0.25) is 4.79 Å². The molecule has 4 nitrogen and oxygen atoms in total. The van der Waals surface area contributed by atoms with Gasteiger partial charge in [-0.05, 0) is 42.5 Å². The maximum atomic E-state index is 11.9. The second kappa shape index (κ2) is 8.50. The van der Waals surface area contributed by atoms with Crippen LogP contribution in [-0.2, 0) is 0 Å². The number of carbonyl (C=O) groups is 1. The van der Waals surface area contributed by atoms with E-state index in [1.54, 1.807) is 30.3 Å². The Kier molecular flexibility index (Phi) is 6.38. The molecule has 0 aliphatic rings. The Bertz CT molecular complexity index is 730. The van der Waals surface area contributed by atoms with Crippen LogP contribution in [-0.4, -0.2) is 18.7 Å². The first-order valence-corrected chi connectivity index (χ1v) is 7.89. The van der Waals surface area contributed by atoms with Gasteiger partial charge in [0.1, 0.15) is 12.4 Å². The van der Waals surface area contributed by atoms with E-state index in [0.717, 1.165) is 10.0 Å². The molecule has 1 N–H and O–H groups in total. The van der Waals surface area contributed by atoms with Gasteiger partial charge < -0.3 is 4.74 Å². The fourth-order valence-electron chi connectivity index (χ4n) is 1.73. The fraction of sp³-hybridized carbons (Fsp3) is 0.0588. The summed E-state index contributed by atoms with van der Waals surface area (Å²) in [5.41, 5.74) is 3.68. The number of rotatable bonds is 6. The zero-order valence-corrected chi connectivity index (χ0v) is 14.5. The molecule has 0 saturated carbocycles. The highest BCUT2D eigenvalue weighted by Crippen LogP contribution is 2.21. The molecule has 0 radical (unpaired) electrons. The number of carbonyl (C=O) groups excluding carboxylic acids is 1. The van der Waals surface area contributed by atoms with Crippen LogP contribution in [0.4, 0.5) is 0 Å². The molecule has 0 atom stereocenters. The normalized spacial score (nSPS) is 10.5. The van der Waals surface area contributed by atoms with Crippen molar-refractivity contribution in [2.75, 3.05) is 6.61 Å². The first kappa shape index (κ1) is 17.2. The van der Waals surface area contributed by atoms with Gasteiger partial charge in [0.15, 0.2) is 0 Å². The van der Waals surface area contributed by atoms with Crippen LogP contribution in [0, 0.1) is 0 Å². The quantitative estimate of drug-likeness (QED) is 0.448. The van der Waals surface area contributed by atoms with Crippen LogP contribution in [0.25, 0.3) is 0 Å². The second-order valence-corrected chi connectivity index (χ2v) is 5.84. The van der Waals surface area contributed by atoms with Gasteiger partial charge in [0.2, 0.25) is 0 Å². The van der Waals surface area contributed by atoms with Crippen molar-refractivity contribution < 1.29 is 9.53 Å². The number of benzene rings is 2. The van der Waals surface area contributed by atoms with Gasteiger partial charge >= 0.3 is 0 Å². The lowest BCUT2D eigenvalue weighted by Gasteiger charge is -2.07. The molecule has 0 aliphatic carbocycles. The molecule has 2 aromatic carbocycles. The Hall–Kier alpha value is -2.11. The number of nitrogens with zero attached hydrogens (tertiary/aromatic N) is 1. The minimum atomic E-state index is -0.318. The summed E-state index contributed by atoms with van der Waals surface area (Å²) in [6.45, 7) is 4.00. The van der Waals surface area contributed by atoms with Crippen LogP contribution in [0.2, 0.25) is 5.02 Å². The SMILES string of the molecule is C=CCOc1ccc(Br)cc1/C=N\NC(=O)c1ccc(Cl)cc1. The molecule has 0 heterocycles. The van der Waals surface area contributed by atoms with E-state index in [9.17, 15) is 4.79 Å². The van der Waals surface area contributed by atoms with Crippen LogP contribution < -0.4 is 10.2 Å². The lowest BCUT2D eigenvalue weighted by molar-refractivity contribution is 0.0955. The van der Waals surface area contributed by atoms with Gasteiger partial charge in [-0.25, -0.2) is 5.43 Å². The molecule has 0 spiro atoms. The lowest BCUT2D eigenvalue weighted by Crippen LogP contribution is -2.17. The van der Waals surface area contributed by atoms with Crippen molar-refractivity contribution in [2.45, 2.75) is 0 Å². The minimum Gasteiger partial charge on any atom is -0.489 e. The maximum Gasteiger partial charge on any atom is 0.271 e. The zero-order valence-electron chi connectivity index (χ0n) is 12.1. The van der Waals surface area contributed by atoms with Gasteiger partial charge in [0.25, 0.3) is 5.91 Å². The van der Waals surface area contributed by atoms with E-state index in [0.29, 0.717) is 22.9 Å². The first-order valence-electron chi connectivity index (χ1n) is 6.72. The summed E-state index contributed by atoms with van der Waals surface area (Å²) in [5.74, 6) is 0.332. The Balaban J connectivity index is 2.07. The monoisotopic (exact) mass is 392 g/mol. The van der Waals surface area contributed by atoms with Crippen molar-refractivity contribution in [1.29, 1.82) is 0 Å². The molecule has 0 fully saturated rings. The predicted molar refractivity (Wildman–Crippen MR) is 96.3 cm³/mol. The summed E-state index contributed by atoms with van der Waals surface area (Å²) in [6.07, 6.45) is 3.18. The van der Waals surface area contributed by atoms with Gasteiger partial charge in [0, 0.05) is 20.6 Å². The summed E-state index contributed by atoms with van der Waals surface area (Å²) >= 11 is 9.18. The van der Waals surface area contributed by atoms with Crippen molar-refractivity contribution in [3.05, 3.63) is 75.7 Å². The molecule has 118 valence electrons. The van der Waals surface area contributed by atoms with Crippen molar-refractivity contribution >= 4 is 39.7 Å². The van der Waals surface area contributed by atoms with Crippen LogP contribution in [0.1, 0.15) is 15.9 Å². The van der Waals surface area contributed by atoms with E-state index >= 15 is 0 Å². The third kappa shape index (κ3) is 5.23. The molecule has 23 heavy (non-hydrogen) atoms. The number of hydrogen-bond acceptors (Lipinski definition) is 3. The Morgan fingerprint density at radius 1 is 1.30 bits per heavy atom. The molecular weight excluding hydrogens is 380 g/mol. The van der Waals surface area contributed by atoms with Crippen LogP contribution >= 0.6 is 27.5 Å². The van der Waals surface area contributed by atoms with Gasteiger partial charge in [-0.15, -0.1) is 0 Å². The number of amides is 1. The van der Waals surface area contributed by atoms with Crippen molar-refractivity contribution in [2.24, 2.45) is 5.10 Å². The van der Waals surface area contributed by atoms with Crippen molar-refractivity contribution in [3.8, 4) is 5.75 Å². The smallest absolute Gasteiger partial charge is 0.271 e. The average Bonchev–Trinajstić information content (AvgIpc) is 2.54. The van der Waals surface area contributed by atoms with E-state index in [1.807, 2.05) is 18.2 Å². The van der Waals surface area contributed by atoms with E-state index in [2.05, 4.69) is 33.0 Å². The molecular formula is C17H14BrClN2O2. The van der Waals surface area contributed by atoms with Crippen LogP contribution in [0.5, 0.6) is 5.75 Å². The Labute approximate surface area is 147 Å². The van der Waals surface area contributed by atoms with E-state index in [-0.39, 0.29) is 5.91 Å². The third-order valence-electron chi connectivity index (χ3n) is 2.80. The zero-order chi connectivity index (χ0) is 16.7. The highest BCUT2D eigenvalue weighted by molar-refractivity contribution is 9.10. The molecule has 6 heteroatoms. The first-order chi connectivity index (χ1) is 11.1. The molecule has 0 aromatic heterocycles. The standard InChI is InChI=1S/C17H14BrClN2O2/c1-2-9-23-16-8-5-14(18)10-13(16)11-20-21-17(22)12-3-6-15(19)7-4-12/h2-8,10-11H,1,9H2,(H,21,22)/b20-11-. The minimum absolute atomic E-state index is 0.318. The van der Waals surface area contributed by atoms with Crippen LogP contribution in [0.15, 0.2) is 64.7 Å². The van der Waals surface area contributed by atoms with Gasteiger partial charge in [-0.2, -0.15) is 5.10 Å². The predicted octanol–water partition coefficient (Wildman–Crippen LogP) is 4.43. The summed E-state index contributed by atoms with van der Waals surface area (Å²) in [7, 11) is 0. The molecule has 0 bridgehead atoms. The second-order valence-electron chi connectivity index (χ2n) is 4.49. The van der Waals surface area contributed by atoms with E-state index in [1.165, 1.54) is 6.21 Å². The fourth-order valence-corrected chi connectivity index (χ4v) is 2.23. The third-order valence-corrected chi connectivity index (χ3v) is 3.55. The van der Waals surface area contributed by atoms with Crippen LogP contribution in [0.3, 0.4) is 0 Å². The summed E-state index contributed by atoms with van der Waals surface area (Å²) in [4.78, 5) is 11.9. The Morgan fingerprint density at radius 2 is 2.04 bits per heavy atom. The highest BCUT2D eigenvalue weighted by Gasteiger charge is 2.05. The maximum absolute atomic E-state index is 11.9. The summed E-state index contributed by atoms with van der Waals surface area (Å²) < 4.78 is 6.42. The number of nitrogens with one attached hydrogen (secondary N) is 1. The summed E-state index contributed by atoms with van der Waals surface area (Å²) in [5, 5.41) is 4.54. The van der Waals surface area contributed by atoms with Crippen molar-refractivity contribution in [1.82, 2.24) is 5.43 Å². The molecule has 0 aliphatic heterocycles. The lowest BCUT2D eigenvalue weighted by atomic mass is 10.2. The van der Waals surface area contributed by atoms with Gasteiger partial charge in [-0.1, -0.05) is 40.2 Å². The van der Waals surface area contributed by atoms with E-state index < -0.39 is 0 Å². The average molecular weight is 394 g/mol. The summed E-state index contributed by atoms with van der Waals surface area (Å²) in [6, 6.07) is 12.1. The van der Waals surface area contributed by atoms with Crippen molar-refractivity contribution in [3.63, 3.8) is 0 Å². The molecule has 2 rings (SSSR count). The topological polar surface area (TPSA) is 50.7 Å². The molecule has 0 unspecified atom stereocenters. The molecule has 2 aromatic rings. The van der Waals surface area contributed by atoms with Gasteiger partial charge in [0.05, 0.1) is 6.21 Å². The number of halogens is 2. The number of hydrogen-bond donors (Lipinski definition) is 1. The number of ether oxygens (including phenoxy) is 1. The van der Waals surface area contributed by atoms with E-state index in [4.69, 9.17) is 16.3 Å². The largest absolute Gasteiger partial charge is 0.489 e. The Morgan fingerprint density at radius 3 is 2.74 bits per heavy atom.